The van der Waals surface area contributed by atoms with Gasteiger partial charge in [-0.05, 0) is 11.6 Å². The quantitative estimate of drug-likeness (QED) is 0.444. The molecule has 4 aromatic rings. The van der Waals surface area contributed by atoms with E-state index in [4.69, 9.17) is 4.74 Å². The van der Waals surface area contributed by atoms with Gasteiger partial charge in [0.1, 0.15) is 11.5 Å². The summed E-state index contributed by atoms with van der Waals surface area (Å²) in [6.45, 7) is 3.12. The van der Waals surface area contributed by atoms with Gasteiger partial charge >= 0.3 is 6.03 Å². The number of imidazole rings is 1. The molecule has 8 nitrogen and oxygen atoms in total. The van der Waals surface area contributed by atoms with Crippen molar-refractivity contribution in [3.8, 4) is 11.3 Å². The molecule has 2 amide bonds. The zero-order valence-electron chi connectivity index (χ0n) is 19.1. The van der Waals surface area contributed by atoms with Gasteiger partial charge in [-0.3, -0.25) is 14.6 Å². The van der Waals surface area contributed by atoms with E-state index in [0.717, 1.165) is 25.2 Å². The number of nitrogens with zero attached hydrogens (tertiary/aromatic N) is 4. The fourth-order valence-electron chi connectivity index (χ4n) is 4.59. The second-order valence-electron chi connectivity index (χ2n) is 8.44. The van der Waals surface area contributed by atoms with Crippen LogP contribution in [0.1, 0.15) is 11.5 Å². The number of anilines is 1. The van der Waals surface area contributed by atoms with Crippen molar-refractivity contribution in [3.05, 3.63) is 84.7 Å². The Hall–Kier alpha value is -3.75. The first-order chi connectivity index (χ1) is 16.7. The maximum absolute atomic E-state index is 13.3. The Morgan fingerprint density at radius 1 is 1.06 bits per heavy atom. The average molecular weight is 457 g/mol. The van der Waals surface area contributed by atoms with Crippen LogP contribution in [0.2, 0.25) is 0 Å². The number of urea groups is 1. The van der Waals surface area contributed by atoms with E-state index in [1.54, 1.807) is 17.7 Å². The number of aromatic nitrogens is 3. The minimum atomic E-state index is -0.262. The number of methoxy groups -OCH3 is 1. The standard InChI is InChI=1S/C26H28N6O2/c1-34-16-15-31-17-21(19-9-4-2-5-10-19)22(18-31)28-26(33)30-24-23(20-11-6-3-7-12-20)29-25-27-13-8-14-32(24)25/h2-14,21-22H,15-18H2,1H3,(H2,28,30,33)/t21?,22-/m1/s1. The summed E-state index contributed by atoms with van der Waals surface area (Å²) < 4.78 is 7.07. The Morgan fingerprint density at radius 2 is 1.82 bits per heavy atom. The molecule has 2 aromatic carbocycles. The summed E-state index contributed by atoms with van der Waals surface area (Å²) in [6, 6.07) is 21.7. The monoisotopic (exact) mass is 456 g/mol. The van der Waals surface area contributed by atoms with Gasteiger partial charge in [-0.1, -0.05) is 60.7 Å². The highest BCUT2D eigenvalue weighted by Crippen LogP contribution is 2.30. The lowest BCUT2D eigenvalue weighted by Crippen LogP contribution is -2.42. The smallest absolute Gasteiger partial charge is 0.320 e. The Labute approximate surface area is 198 Å². The van der Waals surface area contributed by atoms with E-state index < -0.39 is 0 Å². The number of hydrogen-bond donors (Lipinski definition) is 2. The molecule has 1 unspecified atom stereocenters. The predicted molar refractivity (Wildman–Crippen MR) is 132 cm³/mol. The lowest BCUT2D eigenvalue weighted by Gasteiger charge is -2.20. The van der Waals surface area contributed by atoms with Gasteiger partial charge in [0.15, 0.2) is 0 Å². The first-order valence-corrected chi connectivity index (χ1v) is 11.4. The van der Waals surface area contributed by atoms with Gasteiger partial charge in [-0.25, -0.2) is 14.8 Å². The van der Waals surface area contributed by atoms with Gasteiger partial charge in [-0.15, -0.1) is 0 Å². The van der Waals surface area contributed by atoms with Crippen molar-refractivity contribution in [3.63, 3.8) is 0 Å². The van der Waals surface area contributed by atoms with Crippen LogP contribution in [0.3, 0.4) is 0 Å². The zero-order valence-corrected chi connectivity index (χ0v) is 19.1. The summed E-state index contributed by atoms with van der Waals surface area (Å²) in [6.07, 6.45) is 3.55. The summed E-state index contributed by atoms with van der Waals surface area (Å²) in [5.41, 5.74) is 2.82. The van der Waals surface area contributed by atoms with Crippen LogP contribution in [0.4, 0.5) is 10.6 Å². The molecule has 5 rings (SSSR count). The molecule has 0 aliphatic carbocycles. The van der Waals surface area contributed by atoms with Gasteiger partial charge in [0.2, 0.25) is 5.78 Å². The lowest BCUT2D eigenvalue weighted by atomic mass is 9.94. The molecule has 1 fully saturated rings. The Morgan fingerprint density at radius 3 is 2.59 bits per heavy atom. The van der Waals surface area contributed by atoms with Crippen LogP contribution in [0.15, 0.2) is 79.1 Å². The number of ether oxygens (including phenoxy) is 1. The van der Waals surface area contributed by atoms with Crippen LogP contribution in [-0.2, 0) is 4.74 Å². The van der Waals surface area contributed by atoms with Crippen molar-refractivity contribution in [2.75, 3.05) is 38.7 Å². The third kappa shape index (κ3) is 4.64. The maximum atomic E-state index is 13.3. The molecular weight excluding hydrogens is 428 g/mol. The van der Waals surface area contributed by atoms with E-state index in [2.05, 4.69) is 37.6 Å². The second-order valence-corrected chi connectivity index (χ2v) is 8.44. The molecule has 1 saturated heterocycles. The largest absolute Gasteiger partial charge is 0.383 e. The molecule has 1 aliphatic heterocycles. The summed E-state index contributed by atoms with van der Waals surface area (Å²) in [4.78, 5) is 24.6. The fourth-order valence-corrected chi connectivity index (χ4v) is 4.59. The summed E-state index contributed by atoms with van der Waals surface area (Å²) in [7, 11) is 1.71. The van der Waals surface area contributed by atoms with Crippen molar-refractivity contribution >= 4 is 17.6 Å². The van der Waals surface area contributed by atoms with Crippen LogP contribution in [0.5, 0.6) is 0 Å². The molecule has 8 heteroatoms. The van der Waals surface area contributed by atoms with Crippen molar-refractivity contribution in [1.29, 1.82) is 0 Å². The number of carbonyl (C=O) groups is 1. The molecule has 2 atom stereocenters. The van der Waals surface area contributed by atoms with Crippen molar-refractivity contribution in [2.45, 2.75) is 12.0 Å². The molecule has 2 aromatic heterocycles. The van der Waals surface area contributed by atoms with E-state index in [1.165, 1.54) is 5.56 Å². The lowest BCUT2D eigenvalue weighted by molar-refractivity contribution is 0.159. The van der Waals surface area contributed by atoms with Gasteiger partial charge in [0, 0.05) is 50.6 Å². The number of hydrogen-bond acceptors (Lipinski definition) is 5. The number of amides is 2. The predicted octanol–water partition coefficient (Wildman–Crippen LogP) is 3.63. The van der Waals surface area contributed by atoms with Gasteiger partial charge in [0.25, 0.3) is 0 Å². The summed E-state index contributed by atoms with van der Waals surface area (Å²) in [5.74, 6) is 1.32. The molecule has 0 saturated carbocycles. The highest BCUT2D eigenvalue weighted by molar-refractivity contribution is 5.93. The first-order valence-electron chi connectivity index (χ1n) is 11.4. The zero-order chi connectivity index (χ0) is 23.3. The van der Waals surface area contributed by atoms with Crippen LogP contribution in [0, 0.1) is 0 Å². The Kier molecular flexibility index (Phi) is 6.51. The van der Waals surface area contributed by atoms with Gasteiger partial charge in [0.05, 0.1) is 12.6 Å². The number of carbonyl (C=O) groups excluding carboxylic acids is 1. The molecular formula is C26H28N6O2. The molecule has 2 N–H and O–H groups in total. The number of likely N-dealkylation sites (tertiary alicyclic amines) is 1. The van der Waals surface area contributed by atoms with E-state index in [-0.39, 0.29) is 18.0 Å². The molecule has 0 radical (unpaired) electrons. The summed E-state index contributed by atoms with van der Waals surface area (Å²) >= 11 is 0. The van der Waals surface area contributed by atoms with E-state index in [1.807, 2.05) is 60.8 Å². The number of rotatable bonds is 7. The number of benzene rings is 2. The second kappa shape index (κ2) is 10.0. The van der Waals surface area contributed by atoms with Crippen molar-refractivity contribution in [1.82, 2.24) is 24.6 Å². The maximum Gasteiger partial charge on any atom is 0.320 e. The Bertz CT molecular complexity index is 1240. The molecule has 0 bridgehead atoms. The van der Waals surface area contributed by atoms with Gasteiger partial charge < -0.3 is 10.1 Å². The molecule has 0 spiro atoms. The van der Waals surface area contributed by atoms with E-state index in [0.29, 0.717) is 23.9 Å². The van der Waals surface area contributed by atoms with Crippen LogP contribution in [0.25, 0.3) is 17.0 Å². The highest BCUT2D eigenvalue weighted by atomic mass is 16.5. The van der Waals surface area contributed by atoms with Crippen molar-refractivity contribution in [2.24, 2.45) is 0 Å². The number of fused-ring (bicyclic) bond motifs is 1. The minimum Gasteiger partial charge on any atom is -0.383 e. The fraction of sp³-hybridized carbons (Fsp3) is 0.269. The molecule has 1 aliphatic rings. The third-order valence-corrected chi connectivity index (χ3v) is 6.23. The van der Waals surface area contributed by atoms with Gasteiger partial charge in [-0.2, -0.15) is 0 Å². The Balaban J connectivity index is 1.39. The average Bonchev–Trinajstić information content (AvgIpc) is 3.45. The van der Waals surface area contributed by atoms with Crippen LogP contribution in [-0.4, -0.2) is 64.7 Å². The first kappa shape index (κ1) is 22.1. The molecule has 34 heavy (non-hydrogen) atoms. The van der Waals surface area contributed by atoms with Crippen LogP contribution < -0.4 is 10.6 Å². The van der Waals surface area contributed by atoms with E-state index >= 15 is 0 Å². The minimum absolute atomic E-state index is 0.0308. The third-order valence-electron chi connectivity index (χ3n) is 6.23. The van der Waals surface area contributed by atoms with E-state index in [9.17, 15) is 4.79 Å². The number of nitrogens with one attached hydrogen (secondary N) is 2. The molecule has 3 heterocycles. The van der Waals surface area contributed by atoms with Crippen LogP contribution >= 0.6 is 0 Å². The highest BCUT2D eigenvalue weighted by Gasteiger charge is 2.34. The normalized spacial score (nSPS) is 18.3. The topological polar surface area (TPSA) is 83.8 Å². The SMILES string of the molecule is COCCN1CC(c2ccccc2)[C@H](NC(=O)Nc2c(-c3ccccc3)nc3ncccn23)C1. The summed E-state index contributed by atoms with van der Waals surface area (Å²) in [5, 5.41) is 6.28. The molecule has 174 valence electrons. The van der Waals surface area contributed by atoms with Crippen molar-refractivity contribution < 1.29 is 9.53 Å².